The molecule has 0 aliphatic carbocycles. The summed E-state index contributed by atoms with van der Waals surface area (Å²) in [5.74, 6) is -0.259. The molecule has 1 saturated heterocycles. The van der Waals surface area contributed by atoms with Crippen molar-refractivity contribution in [2.75, 3.05) is 29.1 Å². The van der Waals surface area contributed by atoms with Gasteiger partial charge in [0.05, 0.1) is 11.4 Å². The molecule has 2 aromatic rings. The molecule has 1 aliphatic rings. The Morgan fingerprint density at radius 3 is 2.61 bits per heavy atom. The van der Waals surface area contributed by atoms with E-state index < -0.39 is 0 Å². The summed E-state index contributed by atoms with van der Waals surface area (Å²) < 4.78 is 6.31. The summed E-state index contributed by atoms with van der Waals surface area (Å²) in [4.78, 5) is 23.5. The number of nitrogens with one attached hydrogen (secondary N) is 3. The Labute approximate surface area is 171 Å². The van der Waals surface area contributed by atoms with Gasteiger partial charge in [-0.3, -0.25) is 9.59 Å². The number of rotatable bonds is 8. The lowest BCUT2D eigenvalue weighted by molar-refractivity contribution is -0.115. The molecule has 0 spiro atoms. The van der Waals surface area contributed by atoms with Crippen LogP contribution in [0.1, 0.15) is 26.7 Å². The summed E-state index contributed by atoms with van der Waals surface area (Å²) in [6.07, 6.45) is 2.41. The predicted molar refractivity (Wildman–Crippen MR) is 112 cm³/mol. The first kappa shape index (κ1) is 20.6. The molecule has 0 saturated carbocycles. The number of carbonyl (C=O) groups is 2. The van der Waals surface area contributed by atoms with E-state index >= 15 is 0 Å². The number of thioether (sulfide) groups is 1. The SMILES string of the molecule is CC(=O)Nc1ccc(NC(=O)[C@H](C)Sc2nnc(NC[C@H]3CCCO3)s2)cc1. The van der Waals surface area contributed by atoms with E-state index in [2.05, 4.69) is 26.1 Å². The Hall–Kier alpha value is -2.17. The van der Waals surface area contributed by atoms with Gasteiger partial charge in [-0.25, -0.2) is 0 Å². The lowest BCUT2D eigenvalue weighted by atomic mass is 10.2. The van der Waals surface area contributed by atoms with Crippen LogP contribution in [0.5, 0.6) is 0 Å². The molecule has 0 bridgehead atoms. The number of benzene rings is 1. The van der Waals surface area contributed by atoms with E-state index in [4.69, 9.17) is 4.74 Å². The maximum atomic E-state index is 12.4. The van der Waals surface area contributed by atoms with Crippen LogP contribution < -0.4 is 16.0 Å². The number of amides is 2. The van der Waals surface area contributed by atoms with E-state index in [0.717, 1.165) is 35.5 Å². The first-order valence-corrected chi connectivity index (χ1v) is 10.7. The smallest absolute Gasteiger partial charge is 0.237 e. The van der Waals surface area contributed by atoms with Crippen molar-refractivity contribution < 1.29 is 14.3 Å². The molecule has 28 heavy (non-hydrogen) atoms. The molecule has 2 atom stereocenters. The van der Waals surface area contributed by atoms with Crippen LogP contribution in [-0.2, 0) is 14.3 Å². The molecular weight excluding hydrogens is 398 g/mol. The highest BCUT2D eigenvalue weighted by Gasteiger charge is 2.19. The average molecular weight is 422 g/mol. The lowest BCUT2D eigenvalue weighted by Crippen LogP contribution is -2.22. The Morgan fingerprint density at radius 2 is 1.96 bits per heavy atom. The van der Waals surface area contributed by atoms with Gasteiger partial charge in [-0.2, -0.15) is 0 Å². The molecule has 3 rings (SSSR count). The van der Waals surface area contributed by atoms with Gasteiger partial charge in [0, 0.05) is 31.5 Å². The second-order valence-electron chi connectivity index (χ2n) is 6.40. The molecule has 8 nitrogen and oxygen atoms in total. The minimum absolute atomic E-state index is 0.124. The summed E-state index contributed by atoms with van der Waals surface area (Å²) in [6.45, 7) is 4.83. The summed E-state index contributed by atoms with van der Waals surface area (Å²) in [6, 6.07) is 6.98. The van der Waals surface area contributed by atoms with E-state index in [9.17, 15) is 9.59 Å². The second-order valence-corrected chi connectivity index (χ2v) is 8.96. The highest BCUT2D eigenvalue weighted by Crippen LogP contribution is 2.29. The third-order valence-corrected chi connectivity index (χ3v) is 6.10. The highest BCUT2D eigenvalue weighted by molar-refractivity contribution is 8.02. The van der Waals surface area contributed by atoms with Crippen LogP contribution in [0.4, 0.5) is 16.5 Å². The van der Waals surface area contributed by atoms with Crippen molar-refractivity contribution >= 4 is 51.4 Å². The molecule has 1 aromatic carbocycles. The number of aromatic nitrogens is 2. The summed E-state index contributed by atoms with van der Waals surface area (Å²) in [5.41, 5.74) is 1.35. The van der Waals surface area contributed by atoms with Crippen LogP contribution in [0.3, 0.4) is 0 Å². The molecule has 1 fully saturated rings. The van der Waals surface area contributed by atoms with Crippen LogP contribution in [0, 0.1) is 0 Å². The topological polar surface area (TPSA) is 105 Å². The number of ether oxygens (including phenoxy) is 1. The molecule has 10 heteroatoms. The molecule has 0 radical (unpaired) electrons. The molecule has 0 unspecified atom stereocenters. The fourth-order valence-electron chi connectivity index (χ4n) is 2.62. The first-order chi connectivity index (χ1) is 13.5. The number of hydrogen-bond acceptors (Lipinski definition) is 8. The Bertz CT molecular complexity index is 806. The van der Waals surface area contributed by atoms with Gasteiger partial charge in [0.2, 0.25) is 16.9 Å². The first-order valence-electron chi connectivity index (χ1n) is 9.04. The van der Waals surface area contributed by atoms with Crippen LogP contribution in [0.15, 0.2) is 28.6 Å². The molecule has 2 amide bonds. The zero-order valence-corrected chi connectivity index (χ0v) is 17.4. The zero-order valence-electron chi connectivity index (χ0n) is 15.7. The van der Waals surface area contributed by atoms with Gasteiger partial charge in [-0.05, 0) is 44.0 Å². The maximum Gasteiger partial charge on any atom is 0.237 e. The molecule has 3 N–H and O–H groups in total. The third kappa shape index (κ3) is 6.18. The predicted octanol–water partition coefficient (Wildman–Crippen LogP) is 3.21. The van der Waals surface area contributed by atoms with Crippen molar-refractivity contribution in [3.05, 3.63) is 24.3 Å². The van der Waals surface area contributed by atoms with E-state index in [0.29, 0.717) is 11.4 Å². The fraction of sp³-hybridized carbons (Fsp3) is 0.444. The zero-order chi connectivity index (χ0) is 19.9. The normalized spacial score (nSPS) is 17.1. The van der Waals surface area contributed by atoms with Gasteiger partial charge in [0.25, 0.3) is 0 Å². The van der Waals surface area contributed by atoms with Crippen molar-refractivity contribution in [1.29, 1.82) is 0 Å². The molecule has 150 valence electrons. The number of carbonyl (C=O) groups excluding carboxylic acids is 2. The van der Waals surface area contributed by atoms with Gasteiger partial charge in [0.15, 0.2) is 4.34 Å². The van der Waals surface area contributed by atoms with Crippen molar-refractivity contribution in [3.8, 4) is 0 Å². The van der Waals surface area contributed by atoms with Crippen molar-refractivity contribution in [2.45, 2.75) is 42.4 Å². The van der Waals surface area contributed by atoms with E-state index in [1.54, 1.807) is 24.3 Å². The minimum Gasteiger partial charge on any atom is -0.376 e. The van der Waals surface area contributed by atoms with Gasteiger partial charge in [-0.1, -0.05) is 23.1 Å². The Kier molecular flexibility index (Phi) is 7.24. The number of nitrogens with zero attached hydrogens (tertiary/aromatic N) is 2. The standard InChI is InChI=1S/C18H23N5O3S2/c1-11(16(25)21-14-7-5-13(6-8-14)20-12(2)24)27-18-23-22-17(28-18)19-10-15-4-3-9-26-15/h5-8,11,15H,3-4,9-10H2,1-2H3,(H,19,22)(H,20,24)(H,21,25)/t11-,15+/m0/s1. The Balaban J connectivity index is 1.46. The summed E-state index contributed by atoms with van der Waals surface area (Å²) in [5, 5.41) is 17.5. The molecule has 1 aliphatic heterocycles. The average Bonchev–Trinajstić information content (AvgIpc) is 3.33. The van der Waals surface area contributed by atoms with Gasteiger partial charge in [-0.15, -0.1) is 10.2 Å². The van der Waals surface area contributed by atoms with Crippen LogP contribution >= 0.6 is 23.1 Å². The largest absolute Gasteiger partial charge is 0.376 e. The van der Waals surface area contributed by atoms with E-state index in [-0.39, 0.29) is 23.2 Å². The summed E-state index contributed by atoms with van der Waals surface area (Å²) >= 11 is 2.80. The fourth-order valence-corrected chi connectivity index (χ4v) is 4.53. The van der Waals surface area contributed by atoms with Gasteiger partial charge in [0.1, 0.15) is 0 Å². The van der Waals surface area contributed by atoms with Crippen molar-refractivity contribution in [3.63, 3.8) is 0 Å². The van der Waals surface area contributed by atoms with Crippen molar-refractivity contribution in [1.82, 2.24) is 10.2 Å². The van der Waals surface area contributed by atoms with Crippen LogP contribution in [-0.4, -0.2) is 46.5 Å². The van der Waals surface area contributed by atoms with Crippen LogP contribution in [0.2, 0.25) is 0 Å². The molecular formula is C18H23N5O3S2. The van der Waals surface area contributed by atoms with E-state index in [1.165, 1.54) is 30.0 Å². The summed E-state index contributed by atoms with van der Waals surface area (Å²) in [7, 11) is 0. The number of hydrogen-bond donors (Lipinski definition) is 3. The van der Waals surface area contributed by atoms with Gasteiger partial charge < -0.3 is 20.7 Å². The quantitative estimate of drug-likeness (QED) is 0.562. The maximum absolute atomic E-state index is 12.4. The van der Waals surface area contributed by atoms with Crippen LogP contribution in [0.25, 0.3) is 0 Å². The molecule has 1 aromatic heterocycles. The highest BCUT2D eigenvalue weighted by atomic mass is 32.2. The lowest BCUT2D eigenvalue weighted by Gasteiger charge is -2.11. The van der Waals surface area contributed by atoms with Crippen molar-refractivity contribution in [2.24, 2.45) is 0 Å². The Morgan fingerprint density at radius 1 is 1.25 bits per heavy atom. The van der Waals surface area contributed by atoms with Gasteiger partial charge >= 0.3 is 0 Å². The van der Waals surface area contributed by atoms with E-state index in [1.807, 2.05) is 6.92 Å². The third-order valence-electron chi connectivity index (χ3n) is 4.03. The number of anilines is 3. The molecule has 2 heterocycles. The minimum atomic E-state index is -0.325. The second kappa shape index (κ2) is 9.85. The monoisotopic (exact) mass is 421 g/mol.